The van der Waals surface area contributed by atoms with Crippen molar-refractivity contribution in [3.63, 3.8) is 0 Å². The van der Waals surface area contributed by atoms with Gasteiger partial charge in [-0.3, -0.25) is 9.59 Å². The van der Waals surface area contributed by atoms with E-state index in [0.29, 0.717) is 25.0 Å². The van der Waals surface area contributed by atoms with Gasteiger partial charge in [0, 0.05) is 38.8 Å². The third kappa shape index (κ3) is 7.14. The van der Waals surface area contributed by atoms with E-state index >= 15 is 0 Å². The molecular weight excluding hydrogens is 493 g/mol. The lowest BCUT2D eigenvalue weighted by molar-refractivity contribution is -0.127. The van der Waals surface area contributed by atoms with Gasteiger partial charge in [-0.15, -0.1) is 24.0 Å². The highest BCUT2D eigenvalue weighted by molar-refractivity contribution is 14.0. The summed E-state index contributed by atoms with van der Waals surface area (Å²) in [5, 5.41) is 6.67. The molecule has 1 saturated carbocycles. The van der Waals surface area contributed by atoms with Gasteiger partial charge in [0.05, 0.1) is 13.1 Å². The fourth-order valence-electron chi connectivity index (χ4n) is 3.78. The van der Waals surface area contributed by atoms with Crippen molar-refractivity contribution in [2.24, 2.45) is 4.99 Å². The fraction of sp³-hybridized carbons (Fsp3) is 0.591. The monoisotopic (exact) mass is 527 g/mol. The lowest BCUT2D eigenvalue weighted by Crippen LogP contribution is -2.47. The van der Waals surface area contributed by atoms with Crippen LogP contribution in [-0.4, -0.2) is 55.9 Å². The molecule has 1 aliphatic heterocycles. The Morgan fingerprint density at radius 1 is 1.13 bits per heavy atom. The number of guanidine groups is 1. The molecule has 1 heterocycles. The quantitative estimate of drug-likeness (QED) is 0.339. The number of rotatable bonds is 6. The summed E-state index contributed by atoms with van der Waals surface area (Å²) in [6.07, 6.45) is 7.61. The van der Waals surface area contributed by atoms with E-state index in [1.165, 1.54) is 19.3 Å². The number of nitrogens with one attached hydrogen (secondary N) is 2. The number of carbonyl (C=O) groups excluding carboxylic acids is 2. The first-order chi connectivity index (χ1) is 14.0. The van der Waals surface area contributed by atoms with Crippen LogP contribution in [0.3, 0.4) is 0 Å². The van der Waals surface area contributed by atoms with Crippen LogP contribution in [0.2, 0.25) is 0 Å². The van der Waals surface area contributed by atoms with Crippen LogP contribution in [0.15, 0.2) is 29.3 Å². The Morgan fingerprint density at radius 3 is 2.43 bits per heavy atom. The van der Waals surface area contributed by atoms with E-state index in [0.717, 1.165) is 37.1 Å². The summed E-state index contributed by atoms with van der Waals surface area (Å²) >= 11 is 0. The van der Waals surface area contributed by atoms with Gasteiger partial charge < -0.3 is 20.4 Å². The van der Waals surface area contributed by atoms with E-state index < -0.39 is 0 Å². The lowest BCUT2D eigenvalue weighted by Gasteiger charge is -2.25. The summed E-state index contributed by atoms with van der Waals surface area (Å²) in [5.41, 5.74) is 2.03. The van der Waals surface area contributed by atoms with Crippen LogP contribution in [0.5, 0.6) is 0 Å². The van der Waals surface area contributed by atoms with Crippen molar-refractivity contribution in [1.82, 2.24) is 15.5 Å². The summed E-state index contributed by atoms with van der Waals surface area (Å²) in [7, 11) is 3.50. The standard InChI is InChI=1S/C22H33N5O2.HI/c1-26(2)21(29)16-24-22(25-18-7-4-3-5-8-18)23-15-17-10-12-19(13-11-17)27-14-6-9-20(27)28;/h10-13,18H,3-9,14-16H2,1-2H3,(H2,23,24,25);1H. The zero-order valence-electron chi connectivity index (χ0n) is 18.0. The number of benzene rings is 1. The topological polar surface area (TPSA) is 77.0 Å². The highest BCUT2D eigenvalue weighted by Gasteiger charge is 2.21. The van der Waals surface area contributed by atoms with E-state index in [9.17, 15) is 9.59 Å². The van der Waals surface area contributed by atoms with Gasteiger partial charge in [0.15, 0.2) is 5.96 Å². The average Bonchev–Trinajstić information content (AvgIpc) is 3.16. The Kier molecular flexibility index (Phi) is 9.87. The third-order valence-electron chi connectivity index (χ3n) is 5.59. The minimum atomic E-state index is 0. The van der Waals surface area contributed by atoms with E-state index in [1.54, 1.807) is 19.0 Å². The molecule has 0 bridgehead atoms. The first kappa shape index (κ1) is 24.4. The van der Waals surface area contributed by atoms with Crippen molar-refractivity contribution < 1.29 is 9.59 Å². The number of hydrogen-bond acceptors (Lipinski definition) is 3. The van der Waals surface area contributed by atoms with Gasteiger partial charge in [0.1, 0.15) is 0 Å². The van der Waals surface area contributed by atoms with Gasteiger partial charge in [0.25, 0.3) is 0 Å². The van der Waals surface area contributed by atoms with Crippen molar-refractivity contribution >= 4 is 47.4 Å². The van der Waals surface area contributed by atoms with Crippen LogP contribution in [0.1, 0.15) is 50.5 Å². The summed E-state index contributed by atoms with van der Waals surface area (Å²) in [6, 6.07) is 8.44. The van der Waals surface area contributed by atoms with Gasteiger partial charge in [0.2, 0.25) is 11.8 Å². The summed E-state index contributed by atoms with van der Waals surface area (Å²) in [4.78, 5) is 32.0. The predicted molar refractivity (Wildman–Crippen MR) is 131 cm³/mol. The molecule has 30 heavy (non-hydrogen) atoms. The van der Waals surface area contributed by atoms with E-state index in [1.807, 2.05) is 29.2 Å². The molecular formula is C22H34IN5O2. The molecule has 8 heteroatoms. The molecule has 0 spiro atoms. The first-order valence-electron chi connectivity index (χ1n) is 10.7. The summed E-state index contributed by atoms with van der Waals surface area (Å²) in [5.74, 6) is 0.901. The number of anilines is 1. The molecule has 7 nitrogen and oxygen atoms in total. The van der Waals surface area contributed by atoms with Crippen LogP contribution in [0.25, 0.3) is 0 Å². The number of likely N-dealkylation sites (N-methyl/N-ethyl adjacent to an activating group) is 1. The van der Waals surface area contributed by atoms with Crippen molar-refractivity contribution in [3.8, 4) is 0 Å². The van der Waals surface area contributed by atoms with Crippen molar-refractivity contribution in [3.05, 3.63) is 29.8 Å². The minimum Gasteiger partial charge on any atom is -0.354 e. The van der Waals surface area contributed by atoms with E-state index in [-0.39, 0.29) is 42.3 Å². The fourth-order valence-corrected chi connectivity index (χ4v) is 3.78. The van der Waals surface area contributed by atoms with Gasteiger partial charge in [-0.1, -0.05) is 31.4 Å². The summed E-state index contributed by atoms with van der Waals surface area (Å²) in [6.45, 7) is 1.55. The predicted octanol–water partition coefficient (Wildman–Crippen LogP) is 2.89. The molecule has 1 aromatic rings. The van der Waals surface area contributed by atoms with Gasteiger partial charge in [-0.2, -0.15) is 0 Å². The Hall–Kier alpha value is -1.84. The Morgan fingerprint density at radius 2 is 1.83 bits per heavy atom. The molecule has 2 amide bonds. The molecule has 0 aromatic heterocycles. The maximum atomic E-state index is 12.0. The Labute approximate surface area is 196 Å². The number of nitrogens with zero attached hydrogens (tertiary/aromatic N) is 3. The second-order valence-electron chi connectivity index (χ2n) is 8.10. The van der Waals surface area contributed by atoms with Crippen molar-refractivity contribution in [2.75, 3.05) is 32.1 Å². The molecule has 3 rings (SSSR count). The van der Waals surface area contributed by atoms with Crippen LogP contribution in [-0.2, 0) is 16.1 Å². The van der Waals surface area contributed by atoms with Gasteiger partial charge in [-0.25, -0.2) is 4.99 Å². The van der Waals surface area contributed by atoms with Crippen LogP contribution < -0.4 is 15.5 Å². The average molecular weight is 527 g/mol. The number of aliphatic imine (C=N–C) groups is 1. The van der Waals surface area contributed by atoms with Crippen molar-refractivity contribution in [1.29, 1.82) is 0 Å². The molecule has 2 fully saturated rings. The second kappa shape index (κ2) is 12.1. The van der Waals surface area contributed by atoms with E-state index in [2.05, 4.69) is 10.6 Å². The maximum Gasteiger partial charge on any atom is 0.241 e. The number of amides is 2. The SMILES string of the molecule is CN(C)C(=O)CNC(=NCc1ccc(N2CCCC2=O)cc1)NC1CCCCC1.I. The van der Waals surface area contributed by atoms with Gasteiger partial charge >= 0.3 is 0 Å². The molecule has 166 valence electrons. The third-order valence-corrected chi connectivity index (χ3v) is 5.59. The Bertz CT molecular complexity index is 730. The molecule has 1 aliphatic carbocycles. The zero-order chi connectivity index (χ0) is 20.6. The second-order valence-corrected chi connectivity index (χ2v) is 8.10. The Balaban J connectivity index is 0.00000320. The number of halogens is 1. The molecule has 1 aromatic carbocycles. The minimum absolute atomic E-state index is 0. The number of carbonyl (C=O) groups is 2. The van der Waals surface area contributed by atoms with Crippen LogP contribution in [0, 0.1) is 0 Å². The molecule has 2 aliphatic rings. The molecule has 2 N–H and O–H groups in total. The highest BCUT2D eigenvalue weighted by Crippen LogP contribution is 2.22. The largest absolute Gasteiger partial charge is 0.354 e. The van der Waals surface area contributed by atoms with Crippen LogP contribution in [0.4, 0.5) is 5.69 Å². The zero-order valence-corrected chi connectivity index (χ0v) is 20.4. The molecule has 1 saturated heterocycles. The summed E-state index contributed by atoms with van der Waals surface area (Å²) < 4.78 is 0. The molecule has 0 atom stereocenters. The maximum absolute atomic E-state index is 12.0. The van der Waals surface area contributed by atoms with Gasteiger partial charge in [-0.05, 0) is 37.0 Å². The van der Waals surface area contributed by atoms with Crippen molar-refractivity contribution in [2.45, 2.75) is 57.5 Å². The number of hydrogen-bond donors (Lipinski definition) is 2. The first-order valence-corrected chi connectivity index (χ1v) is 10.7. The lowest BCUT2D eigenvalue weighted by atomic mass is 9.96. The van der Waals surface area contributed by atoms with Crippen LogP contribution >= 0.6 is 24.0 Å². The smallest absolute Gasteiger partial charge is 0.241 e. The molecule has 0 unspecified atom stereocenters. The van der Waals surface area contributed by atoms with E-state index in [4.69, 9.17) is 4.99 Å². The molecule has 0 radical (unpaired) electrons. The normalized spacial score (nSPS) is 17.5. The highest BCUT2D eigenvalue weighted by atomic mass is 127.